The van der Waals surface area contributed by atoms with Crippen LogP contribution in [-0.2, 0) is 9.59 Å². The van der Waals surface area contributed by atoms with Crippen molar-refractivity contribution < 1.29 is 9.59 Å². The Labute approximate surface area is 153 Å². The third kappa shape index (κ3) is 7.93. The first-order valence-corrected chi connectivity index (χ1v) is 8.94. The van der Waals surface area contributed by atoms with Gasteiger partial charge in [-0.3, -0.25) is 14.5 Å². The predicted molar refractivity (Wildman–Crippen MR) is 101 cm³/mol. The molecule has 1 aromatic rings. The molecule has 6 heteroatoms. The molecule has 0 bridgehead atoms. The van der Waals surface area contributed by atoms with Gasteiger partial charge in [-0.05, 0) is 51.9 Å². The van der Waals surface area contributed by atoms with Gasteiger partial charge in [0, 0.05) is 10.0 Å². The molecule has 0 saturated carbocycles. The number of nitrogens with one attached hydrogen (secondary N) is 2. The topological polar surface area (TPSA) is 61.4 Å². The second-order valence-corrected chi connectivity index (χ2v) is 7.97. The minimum atomic E-state index is -0.269. The normalized spacial score (nSPS) is 12.8. The predicted octanol–water partition coefficient (Wildman–Crippen LogP) is 2.86. The maximum Gasteiger partial charge on any atom is 0.234 e. The zero-order valence-electron chi connectivity index (χ0n) is 15.1. The van der Waals surface area contributed by atoms with Crippen LogP contribution in [0.25, 0.3) is 0 Å². The second kappa shape index (κ2) is 9.18. The van der Waals surface area contributed by atoms with Gasteiger partial charge in [-0.1, -0.05) is 35.0 Å². The fourth-order valence-electron chi connectivity index (χ4n) is 2.36. The highest BCUT2D eigenvalue weighted by molar-refractivity contribution is 9.10. The molecule has 0 heterocycles. The van der Waals surface area contributed by atoms with E-state index in [4.69, 9.17) is 0 Å². The number of hydrogen-bond donors (Lipinski definition) is 2. The van der Waals surface area contributed by atoms with Crippen LogP contribution >= 0.6 is 15.9 Å². The summed E-state index contributed by atoms with van der Waals surface area (Å²) >= 11 is 3.41. The largest absolute Gasteiger partial charge is 0.350 e. The van der Waals surface area contributed by atoms with Gasteiger partial charge < -0.3 is 10.6 Å². The Morgan fingerprint density at radius 1 is 1.12 bits per heavy atom. The Bertz CT molecular complexity index is 552. The van der Waals surface area contributed by atoms with E-state index in [0.29, 0.717) is 0 Å². The highest BCUT2D eigenvalue weighted by atomic mass is 79.9. The van der Waals surface area contributed by atoms with Crippen LogP contribution in [0, 0.1) is 0 Å². The molecule has 0 spiro atoms. The van der Waals surface area contributed by atoms with Crippen LogP contribution in [-0.4, -0.2) is 42.4 Å². The molecule has 134 valence electrons. The van der Waals surface area contributed by atoms with E-state index in [1.807, 2.05) is 52.0 Å². The highest BCUT2D eigenvalue weighted by Crippen LogP contribution is 2.19. The fourth-order valence-corrected chi connectivity index (χ4v) is 2.62. The zero-order valence-corrected chi connectivity index (χ0v) is 16.7. The van der Waals surface area contributed by atoms with E-state index in [-0.39, 0.29) is 36.5 Å². The molecular formula is C18H28BrN3O2. The summed E-state index contributed by atoms with van der Waals surface area (Å²) in [6, 6.07) is 7.90. The average molecular weight is 398 g/mol. The molecule has 0 unspecified atom stereocenters. The van der Waals surface area contributed by atoms with E-state index in [0.717, 1.165) is 16.5 Å². The summed E-state index contributed by atoms with van der Waals surface area (Å²) in [6.45, 7) is 8.21. The van der Waals surface area contributed by atoms with Gasteiger partial charge in [0.15, 0.2) is 0 Å². The van der Waals surface area contributed by atoms with Crippen molar-refractivity contribution in [3.8, 4) is 0 Å². The van der Waals surface area contributed by atoms with Crippen molar-refractivity contribution >= 4 is 27.7 Å². The first kappa shape index (κ1) is 20.6. The van der Waals surface area contributed by atoms with Gasteiger partial charge in [0.1, 0.15) is 0 Å². The smallest absolute Gasteiger partial charge is 0.234 e. The maximum absolute atomic E-state index is 12.2. The summed E-state index contributed by atoms with van der Waals surface area (Å²) in [7, 11) is 1.77. The van der Waals surface area contributed by atoms with Crippen molar-refractivity contribution in [2.45, 2.75) is 45.7 Å². The van der Waals surface area contributed by atoms with Crippen molar-refractivity contribution in [3.63, 3.8) is 0 Å². The summed E-state index contributed by atoms with van der Waals surface area (Å²) in [6.07, 6.45) is 0.807. The number of nitrogens with zero attached hydrogens (tertiary/aromatic N) is 1. The van der Waals surface area contributed by atoms with Crippen LogP contribution in [0.4, 0.5) is 0 Å². The van der Waals surface area contributed by atoms with E-state index in [2.05, 4.69) is 26.6 Å². The first-order valence-electron chi connectivity index (χ1n) is 8.15. The number of hydrogen-bond acceptors (Lipinski definition) is 3. The molecule has 2 N–H and O–H groups in total. The average Bonchev–Trinajstić information content (AvgIpc) is 2.43. The van der Waals surface area contributed by atoms with Gasteiger partial charge in [0.05, 0.1) is 19.1 Å². The fraction of sp³-hybridized carbons (Fsp3) is 0.556. The minimum absolute atomic E-state index is 0.0256. The molecule has 1 rings (SSSR count). The SMILES string of the molecule is CC[C@@H](NC(=O)CN(C)CC(=O)NC(C)(C)C)c1ccc(Br)cc1. The number of carbonyl (C=O) groups is 2. The van der Waals surface area contributed by atoms with Crippen LogP contribution < -0.4 is 10.6 Å². The summed E-state index contributed by atoms with van der Waals surface area (Å²) in [4.78, 5) is 25.8. The van der Waals surface area contributed by atoms with Crippen molar-refractivity contribution in [1.29, 1.82) is 0 Å². The molecule has 0 aliphatic carbocycles. The van der Waals surface area contributed by atoms with E-state index in [9.17, 15) is 9.59 Å². The molecule has 24 heavy (non-hydrogen) atoms. The quantitative estimate of drug-likeness (QED) is 0.743. The van der Waals surface area contributed by atoms with Gasteiger partial charge >= 0.3 is 0 Å². The van der Waals surface area contributed by atoms with Crippen molar-refractivity contribution in [2.24, 2.45) is 0 Å². The lowest BCUT2D eigenvalue weighted by Crippen LogP contribution is -2.47. The van der Waals surface area contributed by atoms with E-state index < -0.39 is 0 Å². The number of benzene rings is 1. The summed E-state index contributed by atoms with van der Waals surface area (Å²) in [5.74, 6) is -0.173. The van der Waals surface area contributed by atoms with Gasteiger partial charge in [0.2, 0.25) is 11.8 Å². The van der Waals surface area contributed by atoms with Crippen molar-refractivity contribution in [1.82, 2.24) is 15.5 Å². The highest BCUT2D eigenvalue weighted by Gasteiger charge is 2.18. The van der Waals surface area contributed by atoms with Crippen LogP contribution in [0.2, 0.25) is 0 Å². The minimum Gasteiger partial charge on any atom is -0.350 e. The molecule has 0 radical (unpaired) electrons. The van der Waals surface area contributed by atoms with Gasteiger partial charge in [0.25, 0.3) is 0 Å². The Morgan fingerprint density at radius 3 is 2.17 bits per heavy atom. The standard InChI is InChI=1S/C18H28BrN3O2/c1-6-15(13-7-9-14(19)10-8-13)20-16(23)11-22(5)12-17(24)21-18(2,3)4/h7-10,15H,6,11-12H2,1-5H3,(H,20,23)(H,21,24)/t15-/m1/s1. The molecule has 0 fully saturated rings. The molecule has 0 aliphatic rings. The number of carbonyl (C=O) groups excluding carboxylic acids is 2. The molecular weight excluding hydrogens is 370 g/mol. The molecule has 1 aromatic carbocycles. The summed E-state index contributed by atoms with van der Waals surface area (Å²) in [5, 5.41) is 5.92. The molecule has 2 amide bonds. The molecule has 0 aliphatic heterocycles. The maximum atomic E-state index is 12.2. The monoisotopic (exact) mass is 397 g/mol. The second-order valence-electron chi connectivity index (χ2n) is 7.05. The number of likely N-dealkylation sites (N-methyl/N-ethyl adjacent to an activating group) is 1. The third-order valence-corrected chi connectivity index (χ3v) is 3.89. The van der Waals surface area contributed by atoms with E-state index in [1.165, 1.54) is 0 Å². The third-order valence-electron chi connectivity index (χ3n) is 3.36. The van der Waals surface area contributed by atoms with Crippen LogP contribution in [0.1, 0.15) is 45.7 Å². The Hall–Kier alpha value is -1.40. The lowest BCUT2D eigenvalue weighted by atomic mass is 10.0. The number of rotatable bonds is 7. The summed E-state index contributed by atoms with van der Waals surface area (Å²) < 4.78 is 1.01. The molecule has 5 nitrogen and oxygen atoms in total. The van der Waals surface area contributed by atoms with Crippen LogP contribution in [0.3, 0.4) is 0 Å². The van der Waals surface area contributed by atoms with Crippen LogP contribution in [0.15, 0.2) is 28.7 Å². The van der Waals surface area contributed by atoms with Crippen LogP contribution in [0.5, 0.6) is 0 Å². The Morgan fingerprint density at radius 2 is 1.67 bits per heavy atom. The zero-order chi connectivity index (χ0) is 18.3. The molecule has 0 saturated heterocycles. The lowest BCUT2D eigenvalue weighted by molar-refractivity contribution is -0.125. The van der Waals surface area contributed by atoms with Gasteiger partial charge in [-0.25, -0.2) is 0 Å². The van der Waals surface area contributed by atoms with E-state index >= 15 is 0 Å². The van der Waals surface area contributed by atoms with Crippen molar-refractivity contribution in [3.05, 3.63) is 34.3 Å². The van der Waals surface area contributed by atoms with E-state index in [1.54, 1.807) is 11.9 Å². The number of amides is 2. The first-order chi connectivity index (χ1) is 11.1. The Balaban J connectivity index is 2.51. The molecule has 1 atom stereocenters. The van der Waals surface area contributed by atoms with Gasteiger partial charge in [-0.15, -0.1) is 0 Å². The lowest BCUT2D eigenvalue weighted by Gasteiger charge is -2.24. The molecule has 0 aromatic heterocycles. The van der Waals surface area contributed by atoms with Gasteiger partial charge in [-0.2, -0.15) is 0 Å². The Kier molecular flexibility index (Phi) is 7.90. The number of halogens is 1. The van der Waals surface area contributed by atoms with Crippen molar-refractivity contribution in [2.75, 3.05) is 20.1 Å². The summed E-state index contributed by atoms with van der Waals surface area (Å²) in [5.41, 5.74) is 0.803.